The third-order valence-corrected chi connectivity index (χ3v) is 5.39. The maximum absolute atomic E-state index is 14.5. The average molecular weight is 420 g/mol. The third kappa shape index (κ3) is 4.62. The Labute approximate surface area is 180 Å². The summed E-state index contributed by atoms with van der Waals surface area (Å²) >= 11 is 0. The van der Waals surface area contributed by atoms with E-state index in [0.717, 1.165) is 11.1 Å². The van der Waals surface area contributed by atoms with Gasteiger partial charge in [-0.2, -0.15) is 0 Å². The highest BCUT2D eigenvalue weighted by Crippen LogP contribution is 2.24. The van der Waals surface area contributed by atoms with Crippen LogP contribution < -0.4 is 16.0 Å². The largest absolute Gasteiger partial charge is 0.494 e. The molecule has 0 fully saturated rings. The van der Waals surface area contributed by atoms with Crippen LogP contribution in [0.5, 0.6) is 5.75 Å². The van der Waals surface area contributed by atoms with Crippen molar-refractivity contribution in [2.45, 2.75) is 25.9 Å². The summed E-state index contributed by atoms with van der Waals surface area (Å²) < 4.78 is 21.2. The molecular formula is C24H25FN4O2. The van der Waals surface area contributed by atoms with E-state index in [9.17, 15) is 9.18 Å². The molecule has 31 heavy (non-hydrogen) atoms. The molecule has 0 saturated carbocycles. The molecule has 0 bridgehead atoms. The van der Waals surface area contributed by atoms with Gasteiger partial charge in [0.25, 0.3) is 5.56 Å². The highest BCUT2D eigenvalue weighted by Gasteiger charge is 2.24. The van der Waals surface area contributed by atoms with Crippen molar-refractivity contribution in [3.05, 3.63) is 112 Å². The predicted molar refractivity (Wildman–Crippen MR) is 117 cm³/mol. The number of rotatable bonds is 7. The molecule has 1 aliphatic rings. The van der Waals surface area contributed by atoms with Crippen molar-refractivity contribution in [2.24, 2.45) is 5.73 Å². The molecule has 1 atom stereocenters. The first-order valence-electron chi connectivity index (χ1n) is 10.1. The second kappa shape index (κ2) is 9.06. The van der Waals surface area contributed by atoms with Gasteiger partial charge in [0.15, 0.2) is 17.9 Å². The zero-order valence-electron chi connectivity index (χ0n) is 17.3. The van der Waals surface area contributed by atoms with Gasteiger partial charge in [-0.15, -0.1) is 0 Å². The molecule has 160 valence electrons. The zero-order valence-corrected chi connectivity index (χ0v) is 17.3. The van der Waals surface area contributed by atoms with E-state index in [1.165, 1.54) is 7.11 Å². The Kier molecular flexibility index (Phi) is 6.04. The molecule has 6 nitrogen and oxygen atoms in total. The molecule has 3 aromatic rings. The van der Waals surface area contributed by atoms with Crippen LogP contribution >= 0.6 is 0 Å². The normalized spacial score (nSPS) is 15.5. The number of halogens is 1. The fourth-order valence-electron chi connectivity index (χ4n) is 3.61. The van der Waals surface area contributed by atoms with Crippen LogP contribution in [-0.4, -0.2) is 27.8 Å². The monoisotopic (exact) mass is 420 g/mol. The molecule has 2 heterocycles. The first kappa shape index (κ1) is 20.7. The molecular weight excluding hydrogens is 395 g/mol. The summed E-state index contributed by atoms with van der Waals surface area (Å²) in [4.78, 5) is 15.8. The Morgan fingerprint density at radius 3 is 2.26 bits per heavy atom. The van der Waals surface area contributed by atoms with Crippen LogP contribution in [0.2, 0.25) is 0 Å². The molecule has 1 aromatic heterocycles. The Morgan fingerprint density at radius 2 is 1.58 bits per heavy atom. The van der Waals surface area contributed by atoms with Crippen molar-refractivity contribution in [3.8, 4) is 5.75 Å². The van der Waals surface area contributed by atoms with Crippen LogP contribution in [0.25, 0.3) is 0 Å². The lowest BCUT2D eigenvalue weighted by Gasteiger charge is -2.29. The molecule has 1 unspecified atom stereocenters. The maximum Gasteiger partial charge on any atom is 0.250 e. The lowest BCUT2D eigenvalue weighted by Crippen LogP contribution is -2.45. The van der Waals surface area contributed by atoms with Gasteiger partial charge >= 0.3 is 0 Å². The van der Waals surface area contributed by atoms with Crippen molar-refractivity contribution in [2.75, 3.05) is 7.11 Å². The molecule has 2 N–H and O–H groups in total. The van der Waals surface area contributed by atoms with Gasteiger partial charge in [-0.1, -0.05) is 42.5 Å². The fourth-order valence-corrected chi connectivity index (χ4v) is 3.61. The van der Waals surface area contributed by atoms with Crippen molar-refractivity contribution in [3.63, 3.8) is 0 Å². The summed E-state index contributed by atoms with van der Waals surface area (Å²) in [5, 5.41) is 0. The van der Waals surface area contributed by atoms with E-state index in [-0.39, 0.29) is 17.1 Å². The number of hydrogen-bond donors (Lipinski definition) is 1. The topological polar surface area (TPSA) is 63.7 Å². The summed E-state index contributed by atoms with van der Waals surface area (Å²) in [5.41, 5.74) is 9.04. The van der Waals surface area contributed by atoms with Crippen LogP contribution in [0.4, 0.5) is 4.39 Å². The second-order valence-corrected chi connectivity index (χ2v) is 7.47. The van der Waals surface area contributed by atoms with Gasteiger partial charge in [-0.3, -0.25) is 10.5 Å². The van der Waals surface area contributed by atoms with E-state index in [1.807, 2.05) is 52.5 Å². The van der Waals surface area contributed by atoms with E-state index >= 15 is 0 Å². The summed E-state index contributed by atoms with van der Waals surface area (Å²) in [6.45, 7) is 1.51. The molecule has 2 aromatic carbocycles. The number of methoxy groups -OCH3 is 1. The first-order valence-corrected chi connectivity index (χ1v) is 10.1. The second-order valence-electron chi connectivity index (χ2n) is 7.47. The van der Waals surface area contributed by atoms with Gasteiger partial charge in [-0.05, 0) is 23.3 Å². The third-order valence-electron chi connectivity index (χ3n) is 5.39. The summed E-state index contributed by atoms with van der Waals surface area (Å²) in [6, 6.07) is 18.3. The Morgan fingerprint density at radius 1 is 0.903 bits per heavy atom. The summed E-state index contributed by atoms with van der Waals surface area (Å²) in [6.07, 6.45) is 5.18. The minimum atomic E-state index is -0.395. The van der Waals surface area contributed by atoms with Crippen LogP contribution in [0.15, 0.2) is 84.1 Å². The highest BCUT2D eigenvalue weighted by atomic mass is 19.1. The van der Waals surface area contributed by atoms with Gasteiger partial charge in [-0.25, -0.2) is 4.39 Å². The number of nitrogens with zero attached hydrogens (tertiary/aromatic N) is 3. The van der Waals surface area contributed by atoms with Gasteiger partial charge in [0.05, 0.1) is 13.7 Å². The number of pyridine rings is 1. The number of benzene rings is 2. The molecule has 0 saturated heterocycles. The highest BCUT2D eigenvalue weighted by molar-refractivity contribution is 5.31. The van der Waals surface area contributed by atoms with E-state index in [0.29, 0.717) is 25.2 Å². The molecule has 0 spiro atoms. The lowest BCUT2D eigenvalue weighted by atomic mass is 10.1. The predicted octanol–water partition coefficient (Wildman–Crippen LogP) is 3.08. The van der Waals surface area contributed by atoms with Crippen molar-refractivity contribution in [1.29, 1.82) is 0 Å². The van der Waals surface area contributed by atoms with Crippen molar-refractivity contribution in [1.82, 2.24) is 14.4 Å². The molecule has 7 heteroatoms. The van der Waals surface area contributed by atoms with Crippen LogP contribution in [0.1, 0.15) is 16.7 Å². The van der Waals surface area contributed by atoms with E-state index < -0.39 is 6.29 Å². The minimum Gasteiger partial charge on any atom is -0.494 e. The lowest BCUT2D eigenvalue weighted by molar-refractivity contribution is 0.146. The number of hydrogen-bond acceptors (Lipinski definition) is 5. The minimum absolute atomic E-state index is 0.0210. The Balaban J connectivity index is 1.38. The number of nitrogens with two attached hydrogens (primary N) is 1. The Bertz CT molecular complexity index is 1130. The van der Waals surface area contributed by atoms with Gasteiger partial charge in [0.1, 0.15) is 0 Å². The number of ether oxygens (including phenoxy) is 1. The molecule has 0 radical (unpaired) electrons. The van der Waals surface area contributed by atoms with E-state index in [4.69, 9.17) is 10.5 Å². The Hall–Kier alpha value is -3.58. The summed E-state index contributed by atoms with van der Waals surface area (Å²) in [5.74, 6) is -0.138. The molecule has 1 aliphatic heterocycles. The smallest absolute Gasteiger partial charge is 0.250 e. The molecule has 0 aliphatic carbocycles. The standard InChI is InChI=1S/C24H25FN4O2/c1-31-21-6-4-5-20(23(21)25)17-29-14-13-28(24(29)26)16-19-10-8-18(9-11-19)15-27-12-3-2-7-22(27)30/h2-14,24H,15-17,26H2,1H3. The van der Waals surface area contributed by atoms with E-state index in [2.05, 4.69) is 0 Å². The van der Waals surface area contributed by atoms with E-state index in [1.54, 1.807) is 41.1 Å². The van der Waals surface area contributed by atoms with Gasteiger partial charge < -0.3 is 19.1 Å². The average Bonchev–Trinajstić information content (AvgIpc) is 3.12. The quantitative estimate of drug-likeness (QED) is 0.637. The van der Waals surface area contributed by atoms with Gasteiger partial charge in [0.2, 0.25) is 0 Å². The van der Waals surface area contributed by atoms with Crippen molar-refractivity contribution >= 4 is 0 Å². The van der Waals surface area contributed by atoms with Crippen LogP contribution in [0.3, 0.4) is 0 Å². The first-order chi connectivity index (χ1) is 15.0. The van der Waals surface area contributed by atoms with Crippen LogP contribution in [0, 0.1) is 5.82 Å². The fraction of sp³-hybridized carbons (Fsp3) is 0.208. The van der Waals surface area contributed by atoms with Crippen LogP contribution in [-0.2, 0) is 19.6 Å². The zero-order chi connectivity index (χ0) is 21.8. The molecule has 4 rings (SSSR count). The maximum atomic E-state index is 14.5. The molecule has 0 amide bonds. The number of aromatic nitrogens is 1. The van der Waals surface area contributed by atoms with Gasteiger partial charge in [0, 0.05) is 43.3 Å². The summed E-state index contributed by atoms with van der Waals surface area (Å²) in [7, 11) is 1.45. The van der Waals surface area contributed by atoms with Crippen molar-refractivity contribution < 1.29 is 9.13 Å². The SMILES string of the molecule is COc1cccc(CN2C=CN(Cc3ccc(Cn4ccccc4=O)cc3)C2N)c1F.